The fourth-order valence-corrected chi connectivity index (χ4v) is 2.54. The summed E-state index contributed by atoms with van der Waals surface area (Å²) in [6, 6.07) is 8.00. The third-order valence-electron chi connectivity index (χ3n) is 3.90. The first-order valence-electron chi connectivity index (χ1n) is 6.97. The largest absolute Gasteiger partial charge is 0.333 e. The van der Waals surface area contributed by atoms with Crippen LogP contribution in [-0.4, -0.2) is 33.4 Å². The maximum atomic E-state index is 5.44. The molecule has 1 aromatic carbocycles. The van der Waals surface area contributed by atoms with Gasteiger partial charge in [0.25, 0.3) is 5.89 Å². The van der Waals surface area contributed by atoms with Crippen molar-refractivity contribution in [3.63, 3.8) is 0 Å². The number of aromatic amines is 1. The smallest absolute Gasteiger partial charge is 0.261 e. The van der Waals surface area contributed by atoms with Gasteiger partial charge in [-0.15, -0.1) is 12.4 Å². The molecule has 7 heteroatoms. The predicted molar refractivity (Wildman–Crippen MR) is 84.9 cm³/mol. The molecule has 0 amide bonds. The maximum absolute atomic E-state index is 5.44. The summed E-state index contributed by atoms with van der Waals surface area (Å²) in [6.07, 6.45) is 1.75. The highest BCUT2D eigenvalue weighted by Crippen LogP contribution is 2.30. The number of halogens is 1. The Bertz CT molecular complexity index is 778. The van der Waals surface area contributed by atoms with Crippen LogP contribution in [0.15, 0.2) is 35.0 Å². The Kier molecular flexibility index (Phi) is 3.96. The molecule has 0 atom stereocenters. The van der Waals surface area contributed by atoms with E-state index >= 15 is 0 Å². The fraction of sp³-hybridized carbons (Fsp3) is 0.267. The number of aryl methyl sites for hydroxylation is 1. The normalized spacial score (nSPS) is 14.4. The summed E-state index contributed by atoms with van der Waals surface area (Å²) >= 11 is 0. The molecule has 0 radical (unpaired) electrons. The molecule has 0 unspecified atom stereocenters. The minimum absolute atomic E-state index is 0. The summed E-state index contributed by atoms with van der Waals surface area (Å²) in [5, 5.41) is 14.5. The standard InChI is InChI=1S/C15H15N5O.ClH/c1-9-4-2-3-5-11(9)14-18-15(21-20-14)12-8-17-19-13(12)10-6-16-7-10;/h2-5,8,10,16H,6-7H2,1H3,(H,17,19);1H. The molecule has 6 nitrogen and oxygen atoms in total. The first-order valence-corrected chi connectivity index (χ1v) is 6.97. The number of nitrogens with zero attached hydrogens (tertiary/aromatic N) is 3. The van der Waals surface area contributed by atoms with E-state index in [1.807, 2.05) is 31.2 Å². The molecule has 22 heavy (non-hydrogen) atoms. The second-order valence-corrected chi connectivity index (χ2v) is 5.29. The van der Waals surface area contributed by atoms with Gasteiger partial charge in [0.15, 0.2) is 0 Å². The number of rotatable bonds is 3. The van der Waals surface area contributed by atoms with Crippen LogP contribution >= 0.6 is 12.4 Å². The Morgan fingerprint density at radius 1 is 1.18 bits per heavy atom. The second-order valence-electron chi connectivity index (χ2n) is 5.29. The van der Waals surface area contributed by atoms with Crippen molar-refractivity contribution in [1.29, 1.82) is 0 Å². The van der Waals surface area contributed by atoms with Crippen LogP contribution < -0.4 is 5.32 Å². The van der Waals surface area contributed by atoms with Crippen molar-refractivity contribution in [3.8, 4) is 22.8 Å². The Morgan fingerprint density at radius 3 is 2.73 bits per heavy atom. The van der Waals surface area contributed by atoms with Gasteiger partial charge in [0, 0.05) is 24.6 Å². The lowest BCUT2D eigenvalue weighted by molar-refractivity contribution is 0.424. The predicted octanol–water partition coefficient (Wildman–Crippen LogP) is 2.54. The van der Waals surface area contributed by atoms with Crippen molar-refractivity contribution < 1.29 is 4.52 Å². The molecule has 0 aliphatic carbocycles. The average molecular weight is 318 g/mol. The van der Waals surface area contributed by atoms with Gasteiger partial charge in [-0.3, -0.25) is 5.10 Å². The van der Waals surface area contributed by atoms with E-state index in [1.165, 1.54) is 0 Å². The number of benzene rings is 1. The van der Waals surface area contributed by atoms with Crippen LogP contribution in [0.25, 0.3) is 22.8 Å². The molecule has 3 aromatic rings. The minimum Gasteiger partial charge on any atom is -0.333 e. The van der Waals surface area contributed by atoms with Gasteiger partial charge in [0.1, 0.15) is 0 Å². The Labute approximate surface area is 133 Å². The molecule has 1 saturated heterocycles. The number of aromatic nitrogens is 4. The highest BCUT2D eigenvalue weighted by molar-refractivity contribution is 5.85. The van der Waals surface area contributed by atoms with Crippen molar-refractivity contribution in [1.82, 2.24) is 25.7 Å². The van der Waals surface area contributed by atoms with Gasteiger partial charge in [0.2, 0.25) is 5.82 Å². The molecule has 4 rings (SSSR count). The Morgan fingerprint density at radius 2 is 2.00 bits per heavy atom. The summed E-state index contributed by atoms with van der Waals surface area (Å²) in [5.74, 6) is 1.57. The number of H-pyrrole nitrogens is 1. The molecule has 3 heterocycles. The second kappa shape index (κ2) is 5.90. The summed E-state index contributed by atoms with van der Waals surface area (Å²) in [6.45, 7) is 3.94. The molecule has 2 N–H and O–H groups in total. The van der Waals surface area contributed by atoms with E-state index < -0.39 is 0 Å². The van der Waals surface area contributed by atoms with Gasteiger partial charge in [-0.25, -0.2) is 0 Å². The van der Waals surface area contributed by atoms with E-state index in [9.17, 15) is 0 Å². The first-order chi connectivity index (χ1) is 10.3. The van der Waals surface area contributed by atoms with Crippen molar-refractivity contribution in [2.24, 2.45) is 0 Å². The van der Waals surface area contributed by atoms with E-state index in [-0.39, 0.29) is 12.4 Å². The fourth-order valence-electron chi connectivity index (χ4n) is 2.54. The van der Waals surface area contributed by atoms with E-state index in [1.54, 1.807) is 6.20 Å². The van der Waals surface area contributed by atoms with Gasteiger partial charge in [-0.2, -0.15) is 10.1 Å². The zero-order valence-corrected chi connectivity index (χ0v) is 12.9. The zero-order valence-electron chi connectivity index (χ0n) is 12.0. The van der Waals surface area contributed by atoms with Gasteiger partial charge in [0.05, 0.1) is 17.5 Å². The highest BCUT2D eigenvalue weighted by atomic mass is 35.5. The Hall–Kier alpha value is -2.18. The lowest BCUT2D eigenvalue weighted by Gasteiger charge is -2.26. The van der Waals surface area contributed by atoms with Crippen LogP contribution in [0, 0.1) is 6.92 Å². The summed E-state index contributed by atoms with van der Waals surface area (Å²) in [7, 11) is 0. The summed E-state index contributed by atoms with van der Waals surface area (Å²) in [5.41, 5.74) is 4.07. The molecule has 114 valence electrons. The van der Waals surface area contributed by atoms with Crippen molar-refractivity contribution in [2.75, 3.05) is 13.1 Å². The SMILES string of the molecule is Cc1ccccc1-c1noc(-c2cn[nH]c2C2CNC2)n1.Cl. The van der Waals surface area contributed by atoms with E-state index in [2.05, 4.69) is 25.7 Å². The number of hydrogen-bond acceptors (Lipinski definition) is 5. The van der Waals surface area contributed by atoms with E-state index in [4.69, 9.17) is 4.52 Å². The third kappa shape index (κ3) is 2.40. The molecule has 2 aromatic heterocycles. The van der Waals surface area contributed by atoms with Crippen LogP contribution in [-0.2, 0) is 0 Å². The molecule has 1 fully saturated rings. The average Bonchev–Trinajstić information content (AvgIpc) is 3.06. The van der Waals surface area contributed by atoms with Gasteiger partial charge >= 0.3 is 0 Å². The van der Waals surface area contributed by atoms with Gasteiger partial charge in [-0.05, 0) is 12.5 Å². The zero-order chi connectivity index (χ0) is 14.2. The highest BCUT2D eigenvalue weighted by Gasteiger charge is 2.26. The molecule has 0 saturated carbocycles. The molecule has 1 aliphatic rings. The topological polar surface area (TPSA) is 79.6 Å². The third-order valence-corrected chi connectivity index (χ3v) is 3.90. The van der Waals surface area contributed by atoms with E-state index in [0.29, 0.717) is 17.6 Å². The van der Waals surface area contributed by atoms with Gasteiger partial charge < -0.3 is 9.84 Å². The number of hydrogen-bond donors (Lipinski definition) is 2. The Balaban J connectivity index is 0.00000144. The van der Waals surface area contributed by atoms with Crippen molar-refractivity contribution >= 4 is 12.4 Å². The molecular weight excluding hydrogens is 302 g/mol. The monoisotopic (exact) mass is 317 g/mol. The van der Waals surface area contributed by atoms with Crippen LogP contribution in [0.3, 0.4) is 0 Å². The summed E-state index contributed by atoms with van der Waals surface area (Å²) < 4.78 is 5.44. The summed E-state index contributed by atoms with van der Waals surface area (Å²) in [4.78, 5) is 4.53. The maximum Gasteiger partial charge on any atom is 0.261 e. The molecule has 0 bridgehead atoms. The molecule has 1 aliphatic heterocycles. The van der Waals surface area contributed by atoms with Crippen LogP contribution in [0.2, 0.25) is 0 Å². The first kappa shape index (κ1) is 14.7. The van der Waals surface area contributed by atoms with Crippen molar-refractivity contribution in [2.45, 2.75) is 12.8 Å². The quantitative estimate of drug-likeness (QED) is 0.776. The minimum atomic E-state index is 0. The van der Waals surface area contributed by atoms with Crippen LogP contribution in [0.4, 0.5) is 0 Å². The van der Waals surface area contributed by atoms with Crippen LogP contribution in [0.1, 0.15) is 17.2 Å². The molecule has 0 spiro atoms. The lowest BCUT2D eigenvalue weighted by atomic mass is 9.96. The van der Waals surface area contributed by atoms with Crippen molar-refractivity contribution in [3.05, 3.63) is 41.7 Å². The van der Waals surface area contributed by atoms with E-state index in [0.717, 1.165) is 35.5 Å². The molecular formula is C15H16ClN5O. The number of nitrogens with one attached hydrogen (secondary N) is 2. The van der Waals surface area contributed by atoms with Gasteiger partial charge in [-0.1, -0.05) is 29.4 Å². The van der Waals surface area contributed by atoms with Crippen LogP contribution in [0.5, 0.6) is 0 Å². The lowest BCUT2D eigenvalue weighted by Crippen LogP contribution is -2.40.